The van der Waals surface area contributed by atoms with E-state index in [9.17, 15) is 0 Å². The van der Waals surface area contributed by atoms with Gasteiger partial charge in [-0.05, 0) is 51.4 Å². The van der Waals surface area contributed by atoms with Gasteiger partial charge < -0.3 is 43.8 Å². The summed E-state index contributed by atoms with van der Waals surface area (Å²) in [5.41, 5.74) is 0. The highest BCUT2D eigenvalue weighted by molar-refractivity contribution is 4.50. The molecule has 0 aromatic rings. The Kier molecular flexibility index (Phi) is 44.5. The lowest BCUT2D eigenvalue weighted by molar-refractivity contribution is -0.929. The highest BCUT2D eigenvalue weighted by atomic mass is 79.9. The second kappa shape index (κ2) is 34.7. The summed E-state index contributed by atoms with van der Waals surface area (Å²) >= 11 is 0. The van der Waals surface area contributed by atoms with Gasteiger partial charge in [-0.3, -0.25) is 0 Å². The van der Waals surface area contributed by atoms with Gasteiger partial charge in [-0.25, -0.2) is 0 Å². The number of halogens is 2. The highest BCUT2D eigenvalue weighted by Gasteiger charge is 2.25. The molecule has 0 fully saturated rings. The topological polar surface area (TPSA) is 31.5 Å². The normalized spacial score (nSPS) is 11.0. The van der Waals surface area contributed by atoms with Crippen molar-refractivity contribution in [1.29, 1.82) is 0 Å². The Hall–Kier alpha value is 0.650. The molecule has 0 rings (SSSR count). The zero-order chi connectivity index (χ0) is 26.0. The van der Waals surface area contributed by atoms with Crippen LogP contribution in [0, 0.1) is 0 Å². The van der Waals surface area contributed by atoms with E-state index in [0.717, 1.165) is 0 Å². The summed E-state index contributed by atoms with van der Waals surface area (Å²) < 4.78 is 2.84. The Morgan fingerprint density at radius 2 is 0.405 bits per heavy atom. The summed E-state index contributed by atoms with van der Waals surface area (Å²) in [6, 6.07) is 0. The summed E-state index contributed by atoms with van der Waals surface area (Å²) in [6.07, 6.45) is 22.1. The van der Waals surface area contributed by atoms with Gasteiger partial charge in [-0.2, -0.15) is 0 Å². The van der Waals surface area contributed by atoms with Crippen LogP contribution in [0.25, 0.3) is 0 Å². The average molecular weight is 618 g/mol. The van der Waals surface area contributed by atoms with Crippen LogP contribution in [0.2, 0.25) is 0 Å². The van der Waals surface area contributed by atoms with Crippen molar-refractivity contribution in [3.8, 4) is 0 Å². The molecule has 0 radical (unpaired) electrons. The maximum absolute atomic E-state index is 2.33. The van der Waals surface area contributed by atoms with Crippen LogP contribution in [-0.2, 0) is 0 Å². The Morgan fingerprint density at radius 3 is 0.486 bits per heavy atom. The Balaban J connectivity index is -0.000000171. The van der Waals surface area contributed by atoms with Gasteiger partial charge in [0.25, 0.3) is 0 Å². The number of hydrogen-bond donors (Lipinski definition) is 0. The predicted octanol–water partition coefficient (Wildman–Crippen LogP) is 3.19. The molecule has 0 heterocycles. The zero-order valence-electron chi connectivity index (χ0n) is 27.1. The molecule has 0 aliphatic rings. The Labute approximate surface area is 253 Å². The lowest BCUT2D eigenvalue weighted by Crippen LogP contribution is -3.00. The molecule has 0 bridgehead atoms. The monoisotopic (exact) mass is 616 g/mol. The van der Waals surface area contributed by atoms with Crippen molar-refractivity contribution in [3.63, 3.8) is 0 Å². The molecule has 0 unspecified atom stereocenters. The van der Waals surface area contributed by atoms with Crippen molar-refractivity contribution >= 4 is 0 Å². The number of hydrogen-bond acceptors (Lipinski definition) is 0. The van der Waals surface area contributed by atoms with Crippen molar-refractivity contribution in [3.05, 3.63) is 0 Å². The van der Waals surface area contributed by atoms with Crippen molar-refractivity contribution < 1.29 is 43.8 Å². The minimum atomic E-state index is 0. The first-order valence-electron chi connectivity index (χ1n) is 16.2. The minimum Gasteiger partial charge on any atom is -1.00 e. The highest BCUT2D eigenvalue weighted by Crippen LogP contribution is 2.17. The molecule has 0 saturated heterocycles. The number of rotatable bonds is 24. The molecule has 0 aromatic carbocycles. The first-order chi connectivity index (χ1) is 16.5. The Morgan fingerprint density at radius 1 is 0.297 bits per heavy atom. The van der Waals surface area contributed by atoms with Crippen molar-refractivity contribution in [1.82, 2.24) is 0 Å². The van der Waals surface area contributed by atoms with Gasteiger partial charge >= 0.3 is 0 Å². The number of nitrogens with zero attached hydrogens (tertiary/aromatic N) is 2. The molecule has 0 saturated carbocycles. The average Bonchev–Trinajstić information content (AvgIpc) is 2.87. The maximum atomic E-state index is 2.33. The van der Waals surface area contributed by atoms with E-state index in [1.54, 1.807) is 0 Å². The van der Waals surface area contributed by atoms with Crippen LogP contribution in [0.1, 0.15) is 158 Å². The first kappa shape index (κ1) is 47.4. The second-order valence-corrected chi connectivity index (χ2v) is 11.3. The van der Waals surface area contributed by atoms with Gasteiger partial charge in [0.2, 0.25) is 0 Å². The molecule has 0 atom stereocenters. The van der Waals surface area contributed by atoms with E-state index >= 15 is 0 Å². The lowest BCUT2D eigenvalue weighted by atomic mass is 10.1. The fourth-order valence-electron chi connectivity index (χ4n) is 5.29. The number of quaternary nitrogens is 2. The lowest BCUT2D eigenvalue weighted by Gasteiger charge is -2.39. The van der Waals surface area contributed by atoms with Crippen LogP contribution in [0.4, 0.5) is 0 Å². The van der Waals surface area contributed by atoms with Gasteiger partial charge in [-0.1, -0.05) is 107 Å². The predicted molar refractivity (Wildman–Crippen MR) is 162 cm³/mol. The van der Waals surface area contributed by atoms with Gasteiger partial charge in [0.1, 0.15) is 0 Å². The third kappa shape index (κ3) is 26.6. The molecule has 0 aliphatic carbocycles. The molecule has 3 nitrogen and oxygen atoms in total. The van der Waals surface area contributed by atoms with Crippen LogP contribution >= 0.6 is 0 Å². The van der Waals surface area contributed by atoms with Gasteiger partial charge in [0, 0.05) is 0 Å². The fraction of sp³-hybridized carbons (Fsp3) is 1.00. The fourth-order valence-corrected chi connectivity index (χ4v) is 5.29. The van der Waals surface area contributed by atoms with Gasteiger partial charge in [0.05, 0.1) is 52.4 Å². The summed E-state index contributed by atoms with van der Waals surface area (Å²) in [5, 5.41) is 0. The van der Waals surface area contributed by atoms with Crippen molar-refractivity contribution in [2.45, 2.75) is 158 Å². The third-order valence-electron chi connectivity index (χ3n) is 7.89. The minimum absolute atomic E-state index is 0. The Bertz CT molecular complexity index is 288. The van der Waals surface area contributed by atoms with Gasteiger partial charge in [0.15, 0.2) is 0 Å². The molecule has 0 spiro atoms. The van der Waals surface area contributed by atoms with E-state index in [4.69, 9.17) is 0 Å². The van der Waals surface area contributed by atoms with Crippen molar-refractivity contribution in [2.75, 3.05) is 52.4 Å². The van der Waals surface area contributed by atoms with Crippen LogP contribution < -0.4 is 29.4 Å². The third-order valence-corrected chi connectivity index (χ3v) is 7.89. The van der Waals surface area contributed by atoms with E-state index in [-0.39, 0.29) is 34.9 Å². The summed E-state index contributed by atoms with van der Waals surface area (Å²) in [5.74, 6) is 0. The molecule has 232 valence electrons. The molecule has 2 N–H and O–H groups in total. The SMILES string of the molecule is CCCC[N+](CCCC)(CCCC)CCCC.CCCC[N+](CCCC)(CCCC)CCCC.O.[Br-].[Cl-]. The van der Waals surface area contributed by atoms with E-state index in [1.807, 2.05) is 0 Å². The molecule has 0 aromatic heterocycles. The standard InChI is InChI=1S/2C16H36N.BrH.ClH.H2O/c2*1-5-9-13-17(14-10-6-2,15-11-7-3)16-12-8-4;;;/h2*5-16H2,1-4H3;2*1H;1H2/q2*+1;;;/p-2. The molecular formula is C32H74BrClN2O. The van der Waals surface area contributed by atoms with Crippen LogP contribution in [-0.4, -0.2) is 66.8 Å². The number of unbranched alkanes of at least 4 members (excludes halogenated alkanes) is 8. The van der Waals surface area contributed by atoms with Crippen LogP contribution in [0.15, 0.2) is 0 Å². The molecule has 5 heteroatoms. The molecule has 0 aliphatic heterocycles. The van der Waals surface area contributed by atoms with E-state index in [2.05, 4.69) is 55.4 Å². The van der Waals surface area contributed by atoms with E-state index in [0.29, 0.717) is 0 Å². The zero-order valence-corrected chi connectivity index (χ0v) is 29.5. The first-order valence-corrected chi connectivity index (χ1v) is 16.2. The quantitative estimate of drug-likeness (QED) is 0.149. The van der Waals surface area contributed by atoms with Crippen molar-refractivity contribution in [2.24, 2.45) is 0 Å². The maximum Gasteiger partial charge on any atom is 0.0786 e. The van der Waals surface area contributed by atoms with Crippen LogP contribution in [0.3, 0.4) is 0 Å². The van der Waals surface area contributed by atoms with Crippen LogP contribution in [0.5, 0.6) is 0 Å². The summed E-state index contributed by atoms with van der Waals surface area (Å²) in [4.78, 5) is 0. The summed E-state index contributed by atoms with van der Waals surface area (Å²) in [7, 11) is 0. The molecule has 37 heavy (non-hydrogen) atoms. The van der Waals surface area contributed by atoms with E-state index < -0.39 is 0 Å². The summed E-state index contributed by atoms with van der Waals surface area (Å²) in [6.45, 7) is 30.0. The largest absolute Gasteiger partial charge is 1.00 e. The molecular weight excluding hydrogens is 544 g/mol. The van der Waals surface area contributed by atoms with Gasteiger partial charge in [-0.15, -0.1) is 0 Å². The smallest absolute Gasteiger partial charge is 0.0786 e. The second-order valence-electron chi connectivity index (χ2n) is 11.3. The molecule has 0 amide bonds. The van der Waals surface area contributed by atoms with E-state index in [1.165, 1.54) is 164 Å².